The van der Waals surface area contributed by atoms with Gasteiger partial charge in [-0.15, -0.1) is 0 Å². The van der Waals surface area contributed by atoms with Gasteiger partial charge in [0.1, 0.15) is 5.75 Å². The van der Waals surface area contributed by atoms with E-state index in [1.165, 1.54) is 5.56 Å². The van der Waals surface area contributed by atoms with Crippen molar-refractivity contribution in [3.8, 4) is 5.75 Å². The molecule has 1 atom stereocenters. The van der Waals surface area contributed by atoms with Gasteiger partial charge < -0.3 is 4.74 Å². The monoisotopic (exact) mass is 302 g/mol. The molecule has 0 amide bonds. The first kappa shape index (κ1) is 14.4. The molecule has 3 nitrogen and oxygen atoms in total. The van der Waals surface area contributed by atoms with E-state index in [-0.39, 0.29) is 11.5 Å². The number of halogens is 1. The van der Waals surface area contributed by atoms with Gasteiger partial charge in [0.2, 0.25) is 0 Å². The summed E-state index contributed by atoms with van der Waals surface area (Å²) >= 11 is 6.17. The maximum absolute atomic E-state index is 6.17. The standard InChI is InChI=1S/C17H19ClN2O/c1-21-15-8-7-13(18)11-14(15)16(20-19)17(9-10-17)12-5-3-2-4-6-12/h2-8,11,16,20H,9-10,19H2,1H3. The fourth-order valence-corrected chi connectivity index (χ4v) is 3.31. The van der Waals surface area contributed by atoms with E-state index in [0.29, 0.717) is 5.02 Å². The van der Waals surface area contributed by atoms with Gasteiger partial charge in [0.15, 0.2) is 0 Å². The molecule has 21 heavy (non-hydrogen) atoms. The Kier molecular flexibility index (Phi) is 3.89. The van der Waals surface area contributed by atoms with E-state index in [2.05, 4.69) is 29.7 Å². The predicted octanol–water partition coefficient (Wildman–Crippen LogP) is 3.58. The number of hydrogen-bond donors (Lipinski definition) is 2. The van der Waals surface area contributed by atoms with Gasteiger partial charge >= 0.3 is 0 Å². The van der Waals surface area contributed by atoms with Crippen molar-refractivity contribution < 1.29 is 4.74 Å². The second-order valence-electron chi connectivity index (χ2n) is 5.51. The highest BCUT2D eigenvalue weighted by atomic mass is 35.5. The molecule has 0 saturated heterocycles. The van der Waals surface area contributed by atoms with Crippen LogP contribution in [0.4, 0.5) is 0 Å². The van der Waals surface area contributed by atoms with E-state index in [9.17, 15) is 0 Å². The summed E-state index contributed by atoms with van der Waals surface area (Å²) in [5, 5.41) is 0.690. The fourth-order valence-electron chi connectivity index (χ4n) is 3.13. The van der Waals surface area contributed by atoms with Crippen LogP contribution in [0.2, 0.25) is 5.02 Å². The molecule has 1 unspecified atom stereocenters. The molecule has 0 spiro atoms. The molecule has 110 valence electrons. The van der Waals surface area contributed by atoms with E-state index in [0.717, 1.165) is 24.2 Å². The van der Waals surface area contributed by atoms with Crippen molar-refractivity contribution in [2.45, 2.75) is 24.3 Å². The molecule has 0 aliphatic heterocycles. The quantitative estimate of drug-likeness (QED) is 0.655. The van der Waals surface area contributed by atoms with Crippen LogP contribution in [-0.2, 0) is 5.41 Å². The van der Waals surface area contributed by atoms with Crippen molar-refractivity contribution in [1.29, 1.82) is 0 Å². The first-order valence-corrected chi connectivity index (χ1v) is 7.44. The van der Waals surface area contributed by atoms with E-state index < -0.39 is 0 Å². The molecular weight excluding hydrogens is 284 g/mol. The molecule has 2 aromatic rings. The lowest BCUT2D eigenvalue weighted by atomic mass is 9.84. The van der Waals surface area contributed by atoms with Crippen LogP contribution in [0.5, 0.6) is 5.75 Å². The minimum atomic E-state index is -0.0199. The Labute approximate surface area is 130 Å². The van der Waals surface area contributed by atoms with Gasteiger partial charge in [-0.3, -0.25) is 11.3 Å². The van der Waals surface area contributed by atoms with Crippen LogP contribution < -0.4 is 16.0 Å². The van der Waals surface area contributed by atoms with Crippen molar-refractivity contribution in [3.63, 3.8) is 0 Å². The first-order chi connectivity index (χ1) is 10.2. The number of rotatable bonds is 5. The highest BCUT2D eigenvalue weighted by Crippen LogP contribution is 2.57. The Morgan fingerprint density at radius 3 is 2.48 bits per heavy atom. The summed E-state index contributed by atoms with van der Waals surface area (Å²) < 4.78 is 5.49. The maximum Gasteiger partial charge on any atom is 0.123 e. The molecular formula is C17H19ClN2O. The van der Waals surface area contributed by atoms with E-state index in [1.807, 2.05) is 24.3 Å². The molecule has 3 rings (SSSR count). The van der Waals surface area contributed by atoms with E-state index in [4.69, 9.17) is 22.2 Å². The summed E-state index contributed by atoms with van der Waals surface area (Å²) in [6, 6.07) is 16.1. The molecule has 1 aliphatic carbocycles. The predicted molar refractivity (Wildman–Crippen MR) is 85.4 cm³/mol. The van der Waals surface area contributed by atoms with Crippen molar-refractivity contribution in [1.82, 2.24) is 5.43 Å². The Morgan fingerprint density at radius 1 is 1.19 bits per heavy atom. The molecule has 0 radical (unpaired) electrons. The molecule has 0 heterocycles. The van der Waals surface area contributed by atoms with Crippen molar-refractivity contribution >= 4 is 11.6 Å². The molecule has 1 saturated carbocycles. The molecule has 1 fully saturated rings. The van der Waals surface area contributed by atoms with Crippen LogP contribution in [0.1, 0.15) is 30.0 Å². The maximum atomic E-state index is 6.17. The topological polar surface area (TPSA) is 47.3 Å². The molecule has 1 aliphatic rings. The minimum Gasteiger partial charge on any atom is -0.496 e. The van der Waals surface area contributed by atoms with Crippen LogP contribution in [0.3, 0.4) is 0 Å². The number of nitrogens with two attached hydrogens (primary N) is 1. The third kappa shape index (κ3) is 2.53. The third-order valence-electron chi connectivity index (χ3n) is 4.36. The van der Waals surface area contributed by atoms with Gasteiger partial charge in [0.25, 0.3) is 0 Å². The fraction of sp³-hybridized carbons (Fsp3) is 0.294. The number of benzene rings is 2. The Bertz CT molecular complexity index is 626. The normalized spacial score (nSPS) is 17.3. The highest BCUT2D eigenvalue weighted by molar-refractivity contribution is 6.30. The lowest BCUT2D eigenvalue weighted by molar-refractivity contribution is 0.380. The summed E-state index contributed by atoms with van der Waals surface area (Å²) in [6.45, 7) is 0. The van der Waals surface area contributed by atoms with Gasteiger partial charge in [-0.25, -0.2) is 0 Å². The second-order valence-corrected chi connectivity index (χ2v) is 5.94. The van der Waals surface area contributed by atoms with Crippen molar-refractivity contribution in [3.05, 3.63) is 64.7 Å². The zero-order valence-electron chi connectivity index (χ0n) is 12.0. The van der Waals surface area contributed by atoms with Gasteiger partial charge in [0, 0.05) is 16.0 Å². The molecule has 0 aromatic heterocycles. The number of hydrazine groups is 1. The Balaban J connectivity index is 2.05. The van der Waals surface area contributed by atoms with Crippen LogP contribution in [0.25, 0.3) is 0 Å². The smallest absolute Gasteiger partial charge is 0.123 e. The average Bonchev–Trinajstić information content (AvgIpc) is 3.31. The third-order valence-corrected chi connectivity index (χ3v) is 4.59. The summed E-state index contributed by atoms with van der Waals surface area (Å²) in [6.07, 6.45) is 2.20. The Hall–Kier alpha value is -1.55. The largest absolute Gasteiger partial charge is 0.496 e. The SMILES string of the molecule is COc1ccc(Cl)cc1C(NN)C1(c2ccccc2)CC1. The number of nitrogens with one attached hydrogen (secondary N) is 1. The summed E-state index contributed by atoms with van der Waals surface area (Å²) in [5.41, 5.74) is 5.31. The lowest BCUT2D eigenvalue weighted by Crippen LogP contribution is -2.37. The molecule has 0 bridgehead atoms. The summed E-state index contributed by atoms with van der Waals surface area (Å²) in [4.78, 5) is 0. The zero-order valence-corrected chi connectivity index (χ0v) is 12.7. The first-order valence-electron chi connectivity index (χ1n) is 7.06. The van der Waals surface area contributed by atoms with Gasteiger partial charge in [-0.05, 0) is 36.6 Å². The van der Waals surface area contributed by atoms with Gasteiger partial charge in [0.05, 0.1) is 13.2 Å². The minimum absolute atomic E-state index is 0.0199. The van der Waals surface area contributed by atoms with Crippen molar-refractivity contribution in [2.75, 3.05) is 7.11 Å². The zero-order chi connectivity index (χ0) is 14.9. The van der Waals surface area contributed by atoms with E-state index in [1.54, 1.807) is 7.11 Å². The highest BCUT2D eigenvalue weighted by Gasteiger charge is 2.51. The summed E-state index contributed by atoms with van der Waals surface area (Å²) in [7, 11) is 1.67. The van der Waals surface area contributed by atoms with Crippen molar-refractivity contribution in [2.24, 2.45) is 5.84 Å². The number of ether oxygens (including phenoxy) is 1. The van der Waals surface area contributed by atoms with Crippen LogP contribution in [0.15, 0.2) is 48.5 Å². The molecule has 3 N–H and O–H groups in total. The average molecular weight is 303 g/mol. The van der Waals surface area contributed by atoms with Gasteiger partial charge in [-0.1, -0.05) is 41.9 Å². The number of hydrogen-bond acceptors (Lipinski definition) is 3. The lowest BCUT2D eigenvalue weighted by Gasteiger charge is -2.28. The van der Waals surface area contributed by atoms with Crippen LogP contribution in [-0.4, -0.2) is 7.11 Å². The second kappa shape index (κ2) is 5.68. The van der Waals surface area contributed by atoms with Crippen LogP contribution in [0, 0.1) is 0 Å². The van der Waals surface area contributed by atoms with E-state index >= 15 is 0 Å². The summed E-state index contributed by atoms with van der Waals surface area (Å²) in [5.74, 6) is 6.70. The molecule has 4 heteroatoms. The van der Waals surface area contributed by atoms with Gasteiger partial charge in [-0.2, -0.15) is 0 Å². The number of methoxy groups -OCH3 is 1. The Morgan fingerprint density at radius 2 is 1.90 bits per heavy atom. The van der Waals surface area contributed by atoms with Crippen LogP contribution >= 0.6 is 11.6 Å². The molecule has 2 aromatic carbocycles.